The highest BCUT2D eigenvalue weighted by Gasteiger charge is 2.47. The van der Waals surface area contributed by atoms with E-state index in [1.165, 1.54) is 24.3 Å². The van der Waals surface area contributed by atoms with Gasteiger partial charge in [-0.2, -0.15) is 0 Å². The minimum absolute atomic E-state index is 0.263. The summed E-state index contributed by atoms with van der Waals surface area (Å²) >= 11 is 9.44. The molecule has 31 heavy (non-hydrogen) atoms. The molecule has 1 fully saturated rings. The molecule has 1 aliphatic rings. The van der Waals surface area contributed by atoms with Crippen LogP contribution in [0.5, 0.6) is 0 Å². The molecule has 1 heterocycles. The molecule has 4 rings (SSSR count). The van der Waals surface area contributed by atoms with Crippen LogP contribution in [0.15, 0.2) is 77.3 Å². The van der Waals surface area contributed by atoms with Crippen molar-refractivity contribution in [2.75, 3.05) is 0 Å². The minimum atomic E-state index is -0.870. The van der Waals surface area contributed by atoms with Gasteiger partial charge in [0.1, 0.15) is 5.82 Å². The fourth-order valence-corrected chi connectivity index (χ4v) is 3.77. The largest absolute Gasteiger partial charge is 0.334 e. The molecular weight excluding hydrogens is 485 g/mol. The SMILES string of the molecule is O=C(N[C@H]1C(=O)N/[N+](=C\c2ccc(Br)cc2)[C@H]1c1ccc(Cl)cc1)c1ccc(F)cc1. The number of carbonyl (C=O) groups is 2. The number of carbonyl (C=O) groups excluding carboxylic acids is 2. The maximum absolute atomic E-state index is 13.2. The predicted molar refractivity (Wildman–Crippen MR) is 120 cm³/mol. The van der Waals surface area contributed by atoms with E-state index in [1.54, 1.807) is 23.0 Å². The van der Waals surface area contributed by atoms with Crippen LogP contribution in [-0.2, 0) is 4.79 Å². The highest BCUT2D eigenvalue weighted by atomic mass is 79.9. The van der Waals surface area contributed by atoms with Gasteiger partial charge in [0.2, 0.25) is 12.3 Å². The monoisotopic (exact) mass is 500 g/mol. The second-order valence-electron chi connectivity index (χ2n) is 7.02. The van der Waals surface area contributed by atoms with Crippen molar-refractivity contribution in [3.05, 3.63) is 105 Å². The Bertz CT molecular complexity index is 1150. The van der Waals surface area contributed by atoms with Gasteiger partial charge in [-0.3, -0.25) is 9.59 Å². The summed E-state index contributed by atoms with van der Waals surface area (Å²) in [6, 6.07) is 18.5. The van der Waals surface area contributed by atoms with E-state index in [4.69, 9.17) is 11.6 Å². The lowest BCUT2D eigenvalue weighted by molar-refractivity contribution is -0.596. The first-order valence-electron chi connectivity index (χ1n) is 9.42. The van der Waals surface area contributed by atoms with Crippen LogP contribution in [-0.4, -0.2) is 28.8 Å². The maximum atomic E-state index is 13.2. The molecule has 0 bridgehead atoms. The van der Waals surface area contributed by atoms with E-state index in [1.807, 2.05) is 36.4 Å². The Hall–Kier alpha value is -3.03. The first-order valence-corrected chi connectivity index (χ1v) is 10.6. The van der Waals surface area contributed by atoms with E-state index in [-0.39, 0.29) is 11.5 Å². The van der Waals surface area contributed by atoms with Gasteiger partial charge in [0.15, 0.2) is 6.04 Å². The van der Waals surface area contributed by atoms with Crippen LogP contribution < -0.4 is 10.7 Å². The molecule has 2 amide bonds. The van der Waals surface area contributed by atoms with Gasteiger partial charge in [-0.05, 0) is 60.7 Å². The molecule has 8 heteroatoms. The van der Waals surface area contributed by atoms with Crippen LogP contribution in [0, 0.1) is 5.82 Å². The fourth-order valence-electron chi connectivity index (χ4n) is 3.38. The zero-order valence-electron chi connectivity index (χ0n) is 16.1. The highest BCUT2D eigenvalue weighted by molar-refractivity contribution is 9.10. The number of hydrogen-bond acceptors (Lipinski definition) is 2. The zero-order valence-corrected chi connectivity index (χ0v) is 18.4. The van der Waals surface area contributed by atoms with E-state index in [0.29, 0.717) is 5.02 Å². The normalized spacial score (nSPS) is 19.3. The Kier molecular flexibility index (Phi) is 6.15. The van der Waals surface area contributed by atoms with Crippen molar-refractivity contribution in [3.63, 3.8) is 0 Å². The number of amides is 2. The summed E-state index contributed by atoms with van der Waals surface area (Å²) in [5.74, 6) is -1.27. The van der Waals surface area contributed by atoms with Crippen molar-refractivity contribution >= 4 is 45.6 Å². The molecule has 156 valence electrons. The topological polar surface area (TPSA) is 61.2 Å². The van der Waals surface area contributed by atoms with Gasteiger partial charge in [-0.1, -0.05) is 39.7 Å². The first kappa shape index (κ1) is 21.2. The number of hydrazone groups is 1. The smallest absolute Gasteiger partial charge is 0.304 e. The molecule has 0 saturated carbocycles. The van der Waals surface area contributed by atoms with Gasteiger partial charge in [0.05, 0.1) is 0 Å². The number of nitrogens with one attached hydrogen (secondary N) is 2. The number of benzene rings is 3. The Labute approximate surface area is 191 Å². The molecule has 1 saturated heterocycles. The van der Waals surface area contributed by atoms with Crippen LogP contribution in [0.3, 0.4) is 0 Å². The van der Waals surface area contributed by atoms with Crippen LogP contribution in [0.25, 0.3) is 0 Å². The molecule has 0 aromatic heterocycles. The molecule has 5 nitrogen and oxygen atoms in total. The van der Waals surface area contributed by atoms with Crippen molar-refractivity contribution < 1.29 is 18.7 Å². The first-order chi connectivity index (χ1) is 14.9. The molecule has 1 aliphatic heterocycles. The lowest BCUT2D eigenvalue weighted by Crippen LogP contribution is -2.42. The summed E-state index contributed by atoms with van der Waals surface area (Å²) in [4.78, 5) is 25.5. The summed E-state index contributed by atoms with van der Waals surface area (Å²) in [5, 5.41) is 3.34. The summed E-state index contributed by atoms with van der Waals surface area (Å²) in [5.41, 5.74) is 4.74. The summed E-state index contributed by atoms with van der Waals surface area (Å²) in [6.07, 6.45) is 1.80. The van der Waals surface area contributed by atoms with E-state index < -0.39 is 23.8 Å². The molecule has 0 spiro atoms. The Morgan fingerprint density at radius 2 is 1.68 bits per heavy atom. The van der Waals surface area contributed by atoms with Gasteiger partial charge in [0.25, 0.3) is 5.91 Å². The lowest BCUT2D eigenvalue weighted by Gasteiger charge is -2.15. The van der Waals surface area contributed by atoms with E-state index in [0.717, 1.165) is 15.6 Å². The molecule has 3 aromatic carbocycles. The number of halogens is 3. The van der Waals surface area contributed by atoms with Crippen LogP contribution in [0.4, 0.5) is 4.39 Å². The van der Waals surface area contributed by atoms with Gasteiger partial charge in [-0.25, -0.2) is 4.39 Å². The van der Waals surface area contributed by atoms with Gasteiger partial charge in [0, 0.05) is 26.2 Å². The molecule has 0 radical (unpaired) electrons. The molecule has 2 atom stereocenters. The predicted octanol–water partition coefficient (Wildman–Crippen LogP) is 4.26. The number of rotatable bonds is 4. The molecule has 0 unspecified atom stereocenters. The molecule has 0 aliphatic carbocycles. The summed E-state index contributed by atoms with van der Waals surface area (Å²) < 4.78 is 15.8. The fraction of sp³-hybridized carbons (Fsp3) is 0.0870. The van der Waals surface area contributed by atoms with Crippen LogP contribution >= 0.6 is 27.5 Å². The number of hydrazine groups is 1. The lowest BCUT2D eigenvalue weighted by atomic mass is 10.00. The van der Waals surface area contributed by atoms with Crippen molar-refractivity contribution in [3.8, 4) is 0 Å². The third kappa shape index (κ3) is 4.84. The van der Waals surface area contributed by atoms with Crippen LogP contribution in [0.1, 0.15) is 27.5 Å². The van der Waals surface area contributed by atoms with Crippen molar-refractivity contribution in [2.45, 2.75) is 12.1 Å². The number of nitrogens with zero attached hydrogens (tertiary/aromatic N) is 1. The second kappa shape index (κ2) is 8.99. The Balaban J connectivity index is 1.69. The molecule has 2 N–H and O–H groups in total. The summed E-state index contributed by atoms with van der Waals surface area (Å²) in [6.45, 7) is 0. The van der Waals surface area contributed by atoms with E-state index in [9.17, 15) is 14.0 Å². The van der Waals surface area contributed by atoms with Gasteiger partial charge < -0.3 is 5.32 Å². The average Bonchev–Trinajstić information content (AvgIpc) is 3.05. The average molecular weight is 502 g/mol. The van der Waals surface area contributed by atoms with E-state index >= 15 is 0 Å². The third-order valence-corrected chi connectivity index (χ3v) is 5.68. The highest BCUT2D eigenvalue weighted by Crippen LogP contribution is 2.27. The Morgan fingerprint density at radius 1 is 1.03 bits per heavy atom. The van der Waals surface area contributed by atoms with Crippen molar-refractivity contribution in [2.24, 2.45) is 0 Å². The standard InChI is InChI=1S/C23H16BrClFN3O2/c24-17-7-1-14(2-8-17)13-29-21(15-3-9-18(25)10-4-15)20(23(31)28-29)27-22(30)16-5-11-19(26)12-6-16/h1-13,20-21H,(H-,27,28,30,31)/p+1/b29-13-/t20-,21+/m1/s1. The maximum Gasteiger partial charge on any atom is 0.304 e. The summed E-state index contributed by atoms with van der Waals surface area (Å²) in [7, 11) is 0. The van der Waals surface area contributed by atoms with Crippen molar-refractivity contribution in [1.29, 1.82) is 0 Å². The molecular formula is C23H17BrClFN3O2+. The van der Waals surface area contributed by atoms with Gasteiger partial charge in [-0.15, -0.1) is 10.1 Å². The number of hydrogen-bond donors (Lipinski definition) is 2. The third-order valence-electron chi connectivity index (χ3n) is 4.90. The van der Waals surface area contributed by atoms with E-state index in [2.05, 4.69) is 26.7 Å². The van der Waals surface area contributed by atoms with Crippen molar-refractivity contribution in [1.82, 2.24) is 10.7 Å². The Morgan fingerprint density at radius 3 is 2.32 bits per heavy atom. The minimum Gasteiger partial charge on any atom is -0.334 e. The quantitative estimate of drug-likeness (QED) is 0.525. The van der Waals surface area contributed by atoms with Gasteiger partial charge >= 0.3 is 5.91 Å². The zero-order chi connectivity index (χ0) is 22.0. The van der Waals surface area contributed by atoms with Crippen LogP contribution in [0.2, 0.25) is 5.02 Å². The molecule has 3 aromatic rings. The second-order valence-corrected chi connectivity index (χ2v) is 8.37.